The number of rotatable bonds is 4. The van der Waals surface area contributed by atoms with Crippen LogP contribution in [0.2, 0.25) is 5.02 Å². The molecule has 4 nitrogen and oxygen atoms in total. The van der Waals surface area contributed by atoms with Gasteiger partial charge in [0.15, 0.2) is 0 Å². The topological polar surface area (TPSA) is 58.2 Å². The smallest absolute Gasteiger partial charge is 0.343 e. The van der Waals surface area contributed by atoms with E-state index >= 15 is 0 Å². The second kappa shape index (κ2) is 7.57. The van der Waals surface area contributed by atoms with Gasteiger partial charge in [0.05, 0.1) is 12.1 Å². The number of nitrogens with one attached hydrogen (secondary N) is 2. The van der Waals surface area contributed by atoms with Crippen LogP contribution in [0.15, 0.2) is 42.5 Å². The summed E-state index contributed by atoms with van der Waals surface area (Å²) < 4.78 is 37.4. The third-order valence-electron chi connectivity index (χ3n) is 3.35. The van der Waals surface area contributed by atoms with Gasteiger partial charge in [-0.15, -0.1) is 0 Å². The molecule has 8 heteroatoms. The van der Waals surface area contributed by atoms with Crippen LogP contribution in [-0.4, -0.2) is 18.4 Å². The van der Waals surface area contributed by atoms with Gasteiger partial charge in [-0.2, -0.15) is 13.2 Å². The van der Waals surface area contributed by atoms with Crippen LogP contribution in [0.3, 0.4) is 0 Å². The van der Waals surface area contributed by atoms with Crippen LogP contribution >= 0.6 is 11.6 Å². The van der Waals surface area contributed by atoms with Crippen LogP contribution in [0.1, 0.15) is 21.5 Å². The summed E-state index contributed by atoms with van der Waals surface area (Å²) in [7, 11) is 0. The highest BCUT2D eigenvalue weighted by molar-refractivity contribution is 6.30. The molecule has 25 heavy (non-hydrogen) atoms. The molecule has 0 unspecified atom stereocenters. The van der Waals surface area contributed by atoms with E-state index in [1.54, 1.807) is 25.1 Å². The van der Waals surface area contributed by atoms with Crippen molar-refractivity contribution in [3.05, 3.63) is 64.2 Å². The van der Waals surface area contributed by atoms with E-state index in [9.17, 15) is 22.8 Å². The average molecular weight is 371 g/mol. The quantitative estimate of drug-likeness (QED) is 0.853. The van der Waals surface area contributed by atoms with Crippen molar-refractivity contribution in [3.8, 4) is 0 Å². The molecule has 2 aromatic rings. The molecule has 0 aromatic heterocycles. The van der Waals surface area contributed by atoms with Gasteiger partial charge in [-0.05, 0) is 55.0 Å². The molecule has 0 saturated carbocycles. The van der Waals surface area contributed by atoms with Gasteiger partial charge in [-0.1, -0.05) is 11.6 Å². The van der Waals surface area contributed by atoms with E-state index < -0.39 is 23.6 Å². The second-order valence-corrected chi connectivity index (χ2v) is 5.70. The molecule has 2 N–H and O–H groups in total. The van der Waals surface area contributed by atoms with Gasteiger partial charge in [0, 0.05) is 16.3 Å². The van der Waals surface area contributed by atoms with Crippen LogP contribution in [0.5, 0.6) is 0 Å². The molecule has 0 spiro atoms. The van der Waals surface area contributed by atoms with Crippen molar-refractivity contribution in [2.45, 2.75) is 13.1 Å². The molecule has 0 aliphatic rings. The Morgan fingerprint density at radius 3 is 2.28 bits per heavy atom. The maximum Gasteiger partial charge on any atom is 0.416 e. The molecular formula is C17H14ClF3N2O2. The Balaban J connectivity index is 1.92. The summed E-state index contributed by atoms with van der Waals surface area (Å²) in [4.78, 5) is 23.7. The standard InChI is InChI=1S/C17H14ClF3N2O2/c1-10-8-13(18)6-7-14(10)23-15(24)9-22-16(25)11-2-4-12(5-3-11)17(19,20)21/h2-8H,9H2,1H3,(H,22,25)(H,23,24). The number of anilines is 1. The van der Waals surface area contributed by atoms with E-state index in [4.69, 9.17) is 11.6 Å². The predicted octanol–water partition coefficient (Wildman–Crippen LogP) is 4.04. The number of carbonyl (C=O) groups excluding carboxylic acids is 2. The molecule has 0 radical (unpaired) electrons. The number of benzene rings is 2. The Kier molecular flexibility index (Phi) is 5.69. The van der Waals surface area contributed by atoms with Crippen molar-refractivity contribution in [1.82, 2.24) is 5.32 Å². The minimum absolute atomic E-state index is 0.0310. The first kappa shape index (κ1) is 18.8. The minimum Gasteiger partial charge on any atom is -0.343 e. The van der Waals surface area contributed by atoms with E-state index in [2.05, 4.69) is 10.6 Å². The molecule has 0 heterocycles. The molecule has 0 fully saturated rings. The largest absolute Gasteiger partial charge is 0.416 e. The monoisotopic (exact) mass is 370 g/mol. The van der Waals surface area contributed by atoms with Crippen LogP contribution in [0.25, 0.3) is 0 Å². The molecule has 132 valence electrons. The van der Waals surface area contributed by atoms with E-state index in [1.165, 1.54) is 0 Å². The Bertz CT molecular complexity index is 789. The highest BCUT2D eigenvalue weighted by atomic mass is 35.5. The van der Waals surface area contributed by atoms with Crippen molar-refractivity contribution in [3.63, 3.8) is 0 Å². The summed E-state index contributed by atoms with van der Waals surface area (Å²) in [5.41, 5.74) is 0.497. The molecule has 0 atom stereocenters. The molecular weight excluding hydrogens is 357 g/mol. The number of amides is 2. The van der Waals surface area contributed by atoms with Crippen molar-refractivity contribution in [1.29, 1.82) is 0 Å². The van der Waals surface area contributed by atoms with Crippen molar-refractivity contribution < 1.29 is 22.8 Å². The summed E-state index contributed by atoms with van der Waals surface area (Å²) in [6.45, 7) is 1.45. The zero-order valence-corrected chi connectivity index (χ0v) is 13.8. The van der Waals surface area contributed by atoms with Crippen LogP contribution in [-0.2, 0) is 11.0 Å². The van der Waals surface area contributed by atoms with E-state index in [1.807, 2.05) is 0 Å². The summed E-state index contributed by atoms with van der Waals surface area (Å²) >= 11 is 5.82. The first-order valence-electron chi connectivity index (χ1n) is 7.18. The number of carbonyl (C=O) groups is 2. The van der Waals surface area contributed by atoms with Crippen LogP contribution < -0.4 is 10.6 Å². The summed E-state index contributed by atoms with van der Waals surface area (Å²) in [5.74, 6) is -1.11. The SMILES string of the molecule is Cc1cc(Cl)ccc1NC(=O)CNC(=O)c1ccc(C(F)(F)F)cc1. The van der Waals surface area contributed by atoms with Gasteiger partial charge in [0.25, 0.3) is 5.91 Å². The molecule has 0 bridgehead atoms. The fraction of sp³-hybridized carbons (Fsp3) is 0.176. The summed E-state index contributed by atoms with van der Waals surface area (Å²) in [5, 5.41) is 5.50. The number of alkyl halides is 3. The fourth-order valence-corrected chi connectivity index (χ4v) is 2.26. The molecule has 0 aliphatic carbocycles. The van der Waals surface area contributed by atoms with Crippen molar-refractivity contribution in [2.24, 2.45) is 0 Å². The Hall–Kier alpha value is -2.54. The van der Waals surface area contributed by atoms with Gasteiger partial charge in [-0.3, -0.25) is 9.59 Å². The Morgan fingerprint density at radius 1 is 1.08 bits per heavy atom. The molecule has 2 aromatic carbocycles. The average Bonchev–Trinajstić information content (AvgIpc) is 2.54. The lowest BCUT2D eigenvalue weighted by molar-refractivity contribution is -0.137. The second-order valence-electron chi connectivity index (χ2n) is 5.27. The first-order valence-corrected chi connectivity index (χ1v) is 7.56. The van der Waals surface area contributed by atoms with Gasteiger partial charge in [0.1, 0.15) is 0 Å². The predicted molar refractivity (Wildman–Crippen MR) is 88.6 cm³/mol. The number of halogens is 4. The minimum atomic E-state index is -4.47. The van der Waals surface area contributed by atoms with E-state index in [0.717, 1.165) is 29.8 Å². The zero-order valence-electron chi connectivity index (χ0n) is 13.1. The third kappa shape index (κ3) is 5.22. The van der Waals surface area contributed by atoms with Crippen LogP contribution in [0.4, 0.5) is 18.9 Å². The fourth-order valence-electron chi connectivity index (χ4n) is 2.03. The van der Waals surface area contributed by atoms with Gasteiger partial charge in [-0.25, -0.2) is 0 Å². The number of hydrogen-bond acceptors (Lipinski definition) is 2. The Morgan fingerprint density at radius 2 is 1.72 bits per heavy atom. The normalized spacial score (nSPS) is 11.1. The first-order chi connectivity index (χ1) is 11.7. The van der Waals surface area contributed by atoms with Crippen molar-refractivity contribution in [2.75, 3.05) is 11.9 Å². The van der Waals surface area contributed by atoms with Gasteiger partial charge in [0.2, 0.25) is 5.91 Å². The highest BCUT2D eigenvalue weighted by Crippen LogP contribution is 2.29. The van der Waals surface area contributed by atoms with Crippen LogP contribution in [0, 0.1) is 6.92 Å². The van der Waals surface area contributed by atoms with E-state index in [-0.39, 0.29) is 12.1 Å². The molecule has 2 rings (SSSR count). The lowest BCUT2D eigenvalue weighted by Gasteiger charge is -2.10. The van der Waals surface area contributed by atoms with Gasteiger partial charge < -0.3 is 10.6 Å². The number of aryl methyl sites for hydroxylation is 1. The summed E-state index contributed by atoms with van der Waals surface area (Å²) in [6, 6.07) is 8.66. The Labute approximate surface area is 147 Å². The summed E-state index contributed by atoms with van der Waals surface area (Å²) in [6.07, 6.45) is -4.47. The maximum absolute atomic E-state index is 12.5. The maximum atomic E-state index is 12.5. The highest BCUT2D eigenvalue weighted by Gasteiger charge is 2.30. The van der Waals surface area contributed by atoms with Gasteiger partial charge >= 0.3 is 6.18 Å². The number of hydrogen-bond donors (Lipinski definition) is 2. The molecule has 2 amide bonds. The molecule has 0 aliphatic heterocycles. The third-order valence-corrected chi connectivity index (χ3v) is 3.58. The van der Waals surface area contributed by atoms with Crippen molar-refractivity contribution >= 4 is 29.1 Å². The molecule has 0 saturated heterocycles. The van der Waals surface area contributed by atoms with E-state index in [0.29, 0.717) is 10.7 Å². The zero-order chi connectivity index (χ0) is 18.6. The lowest BCUT2D eigenvalue weighted by Crippen LogP contribution is -2.33. The lowest BCUT2D eigenvalue weighted by atomic mass is 10.1.